The zero-order chi connectivity index (χ0) is 31.3. The van der Waals surface area contributed by atoms with Gasteiger partial charge in [0, 0.05) is 72.3 Å². The minimum atomic E-state index is 0.837. The molecular weight excluding hydrogens is 644 g/mol. The molecule has 9 aromatic rings. The topological polar surface area (TPSA) is 32.8 Å². The van der Waals surface area contributed by atoms with Gasteiger partial charge in [0.2, 0.25) is 0 Å². The second-order valence-electron chi connectivity index (χ2n) is 11.6. The number of halogens is 1. The van der Waals surface area contributed by atoms with E-state index in [4.69, 9.17) is 8.83 Å². The van der Waals surface area contributed by atoms with E-state index in [1.807, 2.05) is 48.5 Å². The van der Waals surface area contributed by atoms with E-state index in [0.29, 0.717) is 0 Å². The molecule has 2 heterocycles. The van der Waals surface area contributed by atoms with Crippen LogP contribution in [0.3, 0.4) is 0 Å². The third-order valence-electron chi connectivity index (χ3n) is 8.65. The van der Waals surface area contributed by atoms with Gasteiger partial charge in [-0.25, -0.2) is 0 Å². The second kappa shape index (κ2) is 11.2. The highest BCUT2D eigenvalue weighted by molar-refractivity contribution is 9.10. The van der Waals surface area contributed by atoms with Crippen LogP contribution in [0.15, 0.2) is 177 Å². The molecule has 0 saturated carbocycles. The number of hydrogen-bond acceptors (Lipinski definition) is 4. The van der Waals surface area contributed by atoms with Gasteiger partial charge in [0.15, 0.2) is 0 Å². The molecule has 9 rings (SSSR count). The molecule has 2 aromatic heterocycles. The highest BCUT2D eigenvalue weighted by Gasteiger charge is 2.20. The van der Waals surface area contributed by atoms with Gasteiger partial charge in [0.25, 0.3) is 0 Å². The van der Waals surface area contributed by atoms with Crippen molar-refractivity contribution < 1.29 is 8.83 Å². The van der Waals surface area contributed by atoms with Crippen LogP contribution in [0.4, 0.5) is 34.1 Å². The Hall–Kier alpha value is -5.78. The molecule has 7 aromatic carbocycles. The minimum Gasteiger partial charge on any atom is -0.456 e. The molecular formula is C42H27BrN2O2. The first-order chi connectivity index (χ1) is 23.2. The summed E-state index contributed by atoms with van der Waals surface area (Å²) in [6.07, 6.45) is 0. The third-order valence-corrected chi connectivity index (χ3v) is 9.11. The lowest BCUT2D eigenvalue weighted by molar-refractivity contribution is 0.669. The first-order valence-corrected chi connectivity index (χ1v) is 16.3. The Bertz CT molecular complexity index is 2400. The van der Waals surface area contributed by atoms with Gasteiger partial charge >= 0.3 is 0 Å². The van der Waals surface area contributed by atoms with Crippen molar-refractivity contribution >= 4 is 93.9 Å². The fraction of sp³-hybridized carbons (Fsp3) is 0. The molecule has 0 saturated heterocycles. The van der Waals surface area contributed by atoms with E-state index in [2.05, 4.69) is 141 Å². The normalized spacial score (nSPS) is 11.5. The van der Waals surface area contributed by atoms with Crippen molar-refractivity contribution in [3.05, 3.63) is 168 Å². The summed E-state index contributed by atoms with van der Waals surface area (Å²) in [5.41, 5.74) is 9.52. The van der Waals surface area contributed by atoms with Gasteiger partial charge in [-0.2, -0.15) is 0 Å². The highest BCUT2D eigenvalue weighted by Crippen LogP contribution is 2.44. The maximum absolute atomic E-state index is 6.36. The molecule has 0 atom stereocenters. The summed E-state index contributed by atoms with van der Waals surface area (Å²) in [6.45, 7) is 0. The first-order valence-electron chi connectivity index (χ1n) is 15.5. The van der Waals surface area contributed by atoms with Crippen LogP contribution in [-0.4, -0.2) is 0 Å². The summed E-state index contributed by atoms with van der Waals surface area (Å²) >= 11 is 3.88. The largest absolute Gasteiger partial charge is 0.456 e. The lowest BCUT2D eigenvalue weighted by Crippen LogP contribution is -2.13. The maximum atomic E-state index is 6.36. The van der Waals surface area contributed by atoms with Crippen LogP contribution in [0, 0.1) is 0 Å². The van der Waals surface area contributed by atoms with E-state index in [1.165, 1.54) is 0 Å². The van der Waals surface area contributed by atoms with Crippen molar-refractivity contribution in [3.8, 4) is 0 Å². The smallest absolute Gasteiger partial charge is 0.137 e. The number of para-hydroxylation sites is 4. The zero-order valence-corrected chi connectivity index (χ0v) is 26.8. The van der Waals surface area contributed by atoms with Gasteiger partial charge in [-0.05, 0) is 78.9 Å². The summed E-state index contributed by atoms with van der Waals surface area (Å²) in [6, 6.07) is 56.7. The van der Waals surface area contributed by atoms with Crippen molar-refractivity contribution in [1.82, 2.24) is 0 Å². The van der Waals surface area contributed by atoms with Gasteiger partial charge in [0.1, 0.15) is 22.3 Å². The molecule has 5 heteroatoms. The van der Waals surface area contributed by atoms with Gasteiger partial charge in [0.05, 0.1) is 0 Å². The maximum Gasteiger partial charge on any atom is 0.137 e. The number of hydrogen-bond donors (Lipinski definition) is 0. The van der Waals surface area contributed by atoms with Crippen LogP contribution in [0.5, 0.6) is 0 Å². The zero-order valence-electron chi connectivity index (χ0n) is 25.2. The fourth-order valence-corrected chi connectivity index (χ4v) is 7.04. The average molecular weight is 672 g/mol. The summed E-state index contributed by atoms with van der Waals surface area (Å²) in [5, 5.41) is 4.39. The van der Waals surface area contributed by atoms with Crippen LogP contribution in [0.2, 0.25) is 0 Å². The Morgan fingerprint density at radius 1 is 0.319 bits per heavy atom. The van der Waals surface area contributed by atoms with Crippen molar-refractivity contribution in [2.45, 2.75) is 0 Å². The average Bonchev–Trinajstić information content (AvgIpc) is 3.67. The Labute approximate surface area is 279 Å². The van der Waals surface area contributed by atoms with Gasteiger partial charge in [-0.3, -0.25) is 0 Å². The molecule has 0 bridgehead atoms. The van der Waals surface area contributed by atoms with E-state index in [1.54, 1.807) is 0 Å². The SMILES string of the molecule is Brc1cc(N(c2ccccc2)c2ccccc2)cc(N(c2ccc3c(c2)oc2ccccc23)c2ccc3c(c2)oc2ccccc23)c1. The number of nitrogens with zero attached hydrogens (tertiary/aromatic N) is 2. The monoisotopic (exact) mass is 670 g/mol. The molecule has 0 spiro atoms. The predicted octanol–water partition coefficient (Wildman–Crippen LogP) is 13.2. The molecule has 0 aliphatic rings. The van der Waals surface area contributed by atoms with E-state index >= 15 is 0 Å². The number of anilines is 6. The Morgan fingerprint density at radius 2 is 0.723 bits per heavy atom. The molecule has 0 unspecified atom stereocenters. The molecule has 0 aliphatic heterocycles. The fourth-order valence-electron chi connectivity index (χ4n) is 6.57. The summed E-state index contributed by atoms with van der Waals surface area (Å²) in [4.78, 5) is 4.54. The summed E-state index contributed by atoms with van der Waals surface area (Å²) in [5.74, 6) is 0. The quantitative estimate of drug-likeness (QED) is 0.176. The van der Waals surface area contributed by atoms with Crippen molar-refractivity contribution in [2.24, 2.45) is 0 Å². The molecule has 0 fully saturated rings. The second-order valence-corrected chi connectivity index (χ2v) is 12.5. The first kappa shape index (κ1) is 27.5. The Balaban J connectivity index is 1.27. The predicted molar refractivity (Wildman–Crippen MR) is 198 cm³/mol. The summed E-state index contributed by atoms with van der Waals surface area (Å²) in [7, 11) is 0. The molecule has 0 radical (unpaired) electrons. The van der Waals surface area contributed by atoms with Crippen LogP contribution in [0.25, 0.3) is 43.9 Å². The number of fused-ring (bicyclic) bond motifs is 6. The lowest BCUT2D eigenvalue weighted by atomic mass is 10.1. The van der Waals surface area contributed by atoms with Crippen LogP contribution < -0.4 is 9.80 Å². The molecule has 0 N–H and O–H groups in total. The third kappa shape index (κ3) is 4.84. The van der Waals surface area contributed by atoms with E-state index in [9.17, 15) is 0 Å². The van der Waals surface area contributed by atoms with Crippen molar-refractivity contribution in [1.29, 1.82) is 0 Å². The van der Waals surface area contributed by atoms with Crippen molar-refractivity contribution in [2.75, 3.05) is 9.80 Å². The van der Waals surface area contributed by atoms with Crippen molar-refractivity contribution in [3.63, 3.8) is 0 Å². The standard InChI is InChI=1S/C42H27BrN2O2/c43-28-23-33(44(29-11-3-1-4-12-29)30-13-5-2-6-14-30)25-34(24-28)45(31-19-21-37-35-15-7-9-17-39(35)46-41(37)26-31)32-20-22-38-36-16-8-10-18-40(36)47-42(38)27-32/h1-27H. The van der Waals surface area contributed by atoms with Gasteiger partial charge in [-0.15, -0.1) is 0 Å². The van der Waals surface area contributed by atoms with E-state index < -0.39 is 0 Å². The van der Waals surface area contributed by atoms with Gasteiger partial charge < -0.3 is 18.6 Å². The number of furan rings is 2. The number of benzene rings is 7. The van der Waals surface area contributed by atoms with Crippen LogP contribution in [-0.2, 0) is 0 Å². The minimum absolute atomic E-state index is 0.837. The highest BCUT2D eigenvalue weighted by atomic mass is 79.9. The van der Waals surface area contributed by atoms with Gasteiger partial charge in [-0.1, -0.05) is 88.7 Å². The molecule has 0 amide bonds. The van der Waals surface area contributed by atoms with E-state index in [-0.39, 0.29) is 0 Å². The molecule has 47 heavy (non-hydrogen) atoms. The van der Waals surface area contributed by atoms with Crippen LogP contribution in [0.1, 0.15) is 0 Å². The Morgan fingerprint density at radius 3 is 1.21 bits per heavy atom. The lowest BCUT2D eigenvalue weighted by Gasteiger charge is -2.29. The molecule has 4 nitrogen and oxygen atoms in total. The molecule has 224 valence electrons. The Kier molecular flexibility index (Phi) is 6.58. The number of rotatable bonds is 6. The van der Waals surface area contributed by atoms with E-state index in [0.717, 1.165) is 82.5 Å². The summed E-state index contributed by atoms with van der Waals surface area (Å²) < 4.78 is 13.7. The van der Waals surface area contributed by atoms with Crippen LogP contribution >= 0.6 is 15.9 Å². The molecule has 0 aliphatic carbocycles.